The van der Waals surface area contributed by atoms with Crippen LogP contribution >= 0.6 is 11.3 Å². The van der Waals surface area contributed by atoms with Gasteiger partial charge in [-0.3, -0.25) is 0 Å². The molecular formula is C11H16O5S. The molecule has 0 bridgehead atoms. The van der Waals surface area contributed by atoms with E-state index in [1.807, 2.05) is 6.92 Å². The predicted octanol–water partition coefficient (Wildman–Crippen LogP) is 1.53. The highest BCUT2D eigenvalue weighted by Gasteiger charge is 2.16. The first-order chi connectivity index (χ1) is 8.04. The van der Waals surface area contributed by atoms with Crippen LogP contribution in [-0.4, -0.2) is 42.1 Å². The first-order valence-electron chi connectivity index (χ1n) is 5.27. The van der Waals surface area contributed by atoms with Gasteiger partial charge in [0, 0.05) is 11.5 Å². The summed E-state index contributed by atoms with van der Waals surface area (Å²) < 4.78 is 10.3. The van der Waals surface area contributed by atoms with E-state index < -0.39 is 12.1 Å². The lowest BCUT2D eigenvalue weighted by molar-refractivity contribution is 0.0162. The molecule has 0 amide bonds. The number of hydrogen-bond donors (Lipinski definition) is 2. The third-order valence-corrected chi connectivity index (χ3v) is 2.98. The van der Waals surface area contributed by atoms with Crippen molar-refractivity contribution < 1.29 is 24.5 Å². The van der Waals surface area contributed by atoms with Crippen molar-refractivity contribution in [2.75, 3.05) is 19.8 Å². The van der Waals surface area contributed by atoms with E-state index in [4.69, 9.17) is 14.6 Å². The van der Waals surface area contributed by atoms with Crippen LogP contribution in [0.5, 0.6) is 5.75 Å². The second-order valence-electron chi connectivity index (χ2n) is 3.48. The highest BCUT2D eigenvalue weighted by Crippen LogP contribution is 2.28. The van der Waals surface area contributed by atoms with Gasteiger partial charge in [0.15, 0.2) is 4.88 Å². The lowest BCUT2D eigenvalue weighted by Crippen LogP contribution is -2.23. The Bertz CT molecular complexity index is 374. The Morgan fingerprint density at radius 3 is 2.82 bits per heavy atom. The Kier molecular flexibility index (Phi) is 5.40. The number of aliphatic hydroxyl groups is 1. The molecule has 2 N–H and O–H groups in total. The van der Waals surface area contributed by atoms with Crippen LogP contribution in [0.4, 0.5) is 0 Å². The van der Waals surface area contributed by atoms with Crippen LogP contribution in [0.3, 0.4) is 0 Å². The predicted molar refractivity (Wildman–Crippen MR) is 64.0 cm³/mol. The van der Waals surface area contributed by atoms with E-state index >= 15 is 0 Å². The number of hydrogen-bond acceptors (Lipinski definition) is 5. The van der Waals surface area contributed by atoms with E-state index in [9.17, 15) is 9.90 Å². The van der Waals surface area contributed by atoms with Crippen molar-refractivity contribution in [2.45, 2.75) is 20.0 Å². The largest absolute Gasteiger partial charge is 0.489 e. The lowest BCUT2D eigenvalue weighted by Gasteiger charge is -2.11. The molecule has 5 nitrogen and oxygen atoms in total. The minimum Gasteiger partial charge on any atom is -0.489 e. The maximum Gasteiger partial charge on any atom is 0.349 e. The van der Waals surface area contributed by atoms with Crippen molar-refractivity contribution in [1.82, 2.24) is 0 Å². The number of aryl methyl sites for hydroxylation is 1. The molecule has 17 heavy (non-hydrogen) atoms. The minimum absolute atomic E-state index is 0.0243. The highest BCUT2D eigenvalue weighted by atomic mass is 32.1. The smallest absolute Gasteiger partial charge is 0.349 e. The van der Waals surface area contributed by atoms with Crippen molar-refractivity contribution in [1.29, 1.82) is 0 Å². The summed E-state index contributed by atoms with van der Waals surface area (Å²) >= 11 is 1.15. The Morgan fingerprint density at radius 2 is 2.24 bits per heavy atom. The normalized spacial score (nSPS) is 12.4. The van der Waals surface area contributed by atoms with Crippen LogP contribution in [0.2, 0.25) is 0 Å². The Labute approximate surface area is 104 Å². The molecule has 0 aliphatic carbocycles. The van der Waals surface area contributed by atoms with Crippen LogP contribution in [0.15, 0.2) is 6.07 Å². The molecule has 0 saturated heterocycles. The maximum absolute atomic E-state index is 10.9. The fourth-order valence-corrected chi connectivity index (χ4v) is 2.03. The third-order valence-electron chi connectivity index (χ3n) is 1.96. The zero-order valence-electron chi connectivity index (χ0n) is 9.80. The minimum atomic E-state index is -1.02. The molecule has 1 aromatic rings. The number of carboxylic acid groups (broad SMARTS) is 1. The Morgan fingerprint density at radius 1 is 1.53 bits per heavy atom. The molecule has 0 saturated carbocycles. The molecule has 0 aromatic carbocycles. The van der Waals surface area contributed by atoms with Crippen molar-refractivity contribution in [3.05, 3.63) is 15.8 Å². The maximum atomic E-state index is 10.9. The topological polar surface area (TPSA) is 76.0 Å². The molecular weight excluding hydrogens is 244 g/mol. The quantitative estimate of drug-likeness (QED) is 0.777. The van der Waals surface area contributed by atoms with E-state index in [0.29, 0.717) is 12.4 Å². The van der Waals surface area contributed by atoms with Crippen LogP contribution in [0.25, 0.3) is 0 Å². The molecule has 0 aliphatic rings. The van der Waals surface area contributed by atoms with Gasteiger partial charge >= 0.3 is 5.97 Å². The first kappa shape index (κ1) is 14.0. The Balaban J connectivity index is 2.53. The fourth-order valence-electron chi connectivity index (χ4n) is 1.24. The average Bonchev–Trinajstić information content (AvgIpc) is 2.65. The summed E-state index contributed by atoms with van der Waals surface area (Å²) in [7, 11) is 0. The third kappa shape index (κ3) is 4.33. The van der Waals surface area contributed by atoms with Crippen molar-refractivity contribution in [3.8, 4) is 5.75 Å². The number of rotatable bonds is 7. The summed E-state index contributed by atoms with van der Waals surface area (Å²) in [6.45, 7) is 4.37. The van der Waals surface area contributed by atoms with Gasteiger partial charge in [0.2, 0.25) is 0 Å². The summed E-state index contributed by atoms with van der Waals surface area (Å²) in [5, 5.41) is 18.4. The average molecular weight is 260 g/mol. The van der Waals surface area contributed by atoms with Gasteiger partial charge in [-0.1, -0.05) is 0 Å². The molecule has 1 rings (SSSR count). The van der Waals surface area contributed by atoms with E-state index in [2.05, 4.69) is 0 Å². The summed E-state index contributed by atoms with van der Waals surface area (Å²) in [5.74, 6) is -0.715. The van der Waals surface area contributed by atoms with Crippen LogP contribution in [0, 0.1) is 6.92 Å². The number of thiophene rings is 1. The number of aromatic carboxylic acids is 1. The summed E-state index contributed by atoms with van der Waals surface area (Å²) in [6.07, 6.45) is -0.753. The second-order valence-corrected chi connectivity index (χ2v) is 4.74. The van der Waals surface area contributed by atoms with E-state index in [1.165, 1.54) is 0 Å². The summed E-state index contributed by atoms with van der Waals surface area (Å²) in [6, 6.07) is 1.65. The second kappa shape index (κ2) is 6.58. The molecule has 96 valence electrons. The number of aliphatic hydroxyl groups excluding tert-OH is 1. The number of ether oxygens (including phenoxy) is 2. The zero-order valence-corrected chi connectivity index (χ0v) is 10.6. The van der Waals surface area contributed by atoms with Crippen molar-refractivity contribution in [3.63, 3.8) is 0 Å². The van der Waals surface area contributed by atoms with Gasteiger partial charge in [-0.25, -0.2) is 4.79 Å². The fraction of sp³-hybridized carbons (Fsp3) is 0.545. The molecule has 1 heterocycles. The molecule has 0 fully saturated rings. The molecule has 0 radical (unpaired) electrons. The molecule has 0 spiro atoms. The zero-order chi connectivity index (χ0) is 12.8. The number of carboxylic acids is 1. The van der Waals surface area contributed by atoms with Crippen LogP contribution in [-0.2, 0) is 4.74 Å². The van der Waals surface area contributed by atoms with Crippen LogP contribution < -0.4 is 4.74 Å². The highest BCUT2D eigenvalue weighted by molar-refractivity contribution is 7.14. The van der Waals surface area contributed by atoms with Gasteiger partial charge in [-0.05, 0) is 19.9 Å². The van der Waals surface area contributed by atoms with E-state index in [1.54, 1.807) is 13.0 Å². The molecule has 6 heteroatoms. The standard InChI is InChI=1S/C11H16O5S/c1-3-15-5-8(12)6-16-9-4-7(2)17-10(9)11(13)14/h4,8,12H,3,5-6H2,1-2H3,(H,13,14). The van der Waals surface area contributed by atoms with Gasteiger partial charge in [0.05, 0.1) is 6.61 Å². The van der Waals surface area contributed by atoms with Gasteiger partial charge < -0.3 is 19.7 Å². The lowest BCUT2D eigenvalue weighted by atomic mass is 10.3. The summed E-state index contributed by atoms with van der Waals surface area (Å²) in [4.78, 5) is 11.9. The van der Waals surface area contributed by atoms with Gasteiger partial charge in [0.25, 0.3) is 0 Å². The SMILES string of the molecule is CCOCC(O)COc1cc(C)sc1C(=O)O. The van der Waals surface area contributed by atoms with E-state index in [0.717, 1.165) is 16.2 Å². The van der Waals surface area contributed by atoms with E-state index in [-0.39, 0.29) is 18.1 Å². The molecule has 1 atom stereocenters. The van der Waals surface area contributed by atoms with Gasteiger partial charge in [-0.2, -0.15) is 0 Å². The summed E-state index contributed by atoms with van der Waals surface area (Å²) in [5.41, 5.74) is 0. The molecule has 1 aromatic heterocycles. The van der Waals surface area contributed by atoms with Gasteiger partial charge in [0.1, 0.15) is 18.5 Å². The van der Waals surface area contributed by atoms with Crippen molar-refractivity contribution >= 4 is 17.3 Å². The molecule has 1 unspecified atom stereocenters. The first-order valence-corrected chi connectivity index (χ1v) is 6.08. The van der Waals surface area contributed by atoms with Gasteiger partial charge in [-0.15, -0.1) is 11.3 Å². The molecule has 0 aliphatic heterocycles. The Hall–Kier alpha value is -1.11. The number of carbonyl (C=O) groups is 1. The van der Waals surface area contributed by atoms with Crippen LogP contribution in [0.1, 0.15) is 21.5 Å². The monoisotopic (exact) mass is 260 g/mol. The van der Waals surface area contributed by atoms with Crippen molar-refractivity contribution in [2.24, 2.45) is 0 Å².